The average Bonchev–Trinajstić information content (AvgIpc) is 2.40. The predicted octanol–water partition coefficient (Wildman–Crippen LogP) is 4.13. The van der Waals surface area contributed by atoms with Crippen LogP contribution in [0.25, 0.3) is 0 Å². The lowest BCUT2D eigenvalue weighted by atomic mass is 10.2. The van der Waals surface area contributed by atoms with E-state index < -0.39 is 0 Å². The van der Waals surface area contributed by atoms with E-state index in [9.17, 15) is 0 Å². The summed E-state index contributed by atoms with van der Waals surface area (Å²) in [5.41, 5.74) is 1.16. The number of hydrogen-bond acceptors (Lipinski definition) is 3. The first-order chi connectivity index (χ1) is 9.15. The molecule has 1 heterocycles. The fourth-order valence-electron chi connectivity index (χ4n) is 1.58. The molecule has 0 spiro atoms. The molecule has 3 nitrogen and oxygen atoms in total. The number of para-hydroxylation sites is 1. The number of nitrogens with zero attached hydrogens (tertiary/aromatic N) is 1. The van der Waals surface area contributed by atoms with Crippen molar-refractivity contribution in [2.45, 2.75) is 26.4 Å². The number of pyridine rings is 1. The zero-order valence-corrected chi connectivity index (χ0v) is 12.6. The molecular formula is C15H17BrN2O. The van der Waals surface area contributed by atoms with E-state index in [4.69, 9.17) is 4.74 Å². The van der Waals surface area contributed by atoms with Gasteiger partial charge in [0.2, 0.25) is 5.88 Å². The van der Waals surface area contributed by atoms with Crippen LogP contribution in [-0.4, -0.2) is 11.0 Å². The van der Waals surface area contributed by atoms with Crippen LogP contribution < -0.4 is 10.1 Å². The van der Waals surface area contributed by atoms with Crippen LogP contribution in [0.5, 0.6) is 11.6 Å². The Morgan fingerprint density at radius 1 is 1.26 bits per heavy atom. The van der Waals surface area contributed by atoms with E-state index >= 15 is 0 Å². The summed E-state index contributed by atoms with van der Waals surface area (Å²) in [5.74, 6) is 1.37. The lowest BCUT2D eigenvalue weighted by molar-refractivity contribution is 0.458. The Bertz CT molecular complexity index is 543. The molecule has 0 fully saturated rings. The molecule has 100 valence electrons. The highest BCUT2D eigenvalue weighted by Gasteiger charge is 2.04. The van der Waals surface area contributed by atoms with Crippen molar-refractivity contribution in [3.05, 3.63) is 52.6 Å². The Hall–Kier alpha value is -1.39. The molecule has 0 unspecified atom stereocenters. The van der Waals surface area contributed by atoms with Crippen molar-refractivity contribution in [1.29, 1.82) is 0 Å². The van der Waals surface area contributed by atoms with Crippen molar-refractivity contribution in [3.8, 4) is 11.6 Å². The van der Waals surface area contributed by atoms with Crippen molar-refractivity contribution >= 4 is 15.9 Å². The molecule has 0 amide bonds. The molecule has 1 aromatic carbocycles. The zero-order valence-electron chi connectivity index (χ0n) is 11.1. The maximum absolute atomic E-state index is 5.77. The van der Waals surface area contributed by atoms with Crippen LogP contribution in [0.1, 0.15) is 19.4 Å². The molecule has 0 atom stereocenters. The number of halogens is 1. The summed E-state index contributed by atoms with van der Waals surface area (Å²) in [6.07, 6.45) is 1.77. The van der Waals surface area contributed by atoms with E-state index in [0.29, 0.717) is 11.9 Å². The van der Waals surface area contributed by atoms with Crippen molar-refractivity contribution in [2.24, 2.45) is 0 Å². The predicted molar refractivity (Wildman–Crippen MR) is 80.4 cm³/mol. The van der Waals surface area contributed by atoms with Gasteiger partial charge in [0.1, 0.15) is 5.75 Å². The molecule has 0 aliphatic rings. The number of nitrogens with one attached hydrogen (secondary N) is 1. The van der Waals surface area contributed by atoms with Crippen molar-refractivity contribution < 1.29 is 4.74 Å². The maximum Gasteiger partial charge on any atom is 0.219 e. The van der Waals surface area contributed by atoms with E-state index in [1.54, 1.807) is 6.20 Å². The second kappa shape index (κ2) is 6.68. The number of benzene rings is 1. The third kappa shape index (κ3) is 4.33. The SMILES string of the molecule is CC(C)NCc1ccnc(Oc2ccccc2Br)c1. The van der Waals surface area contributed by atoms with Crippen molar-refractivity contribution in [3.63, 3.8) is 0 Å². The summed E-state index contributed by atoms with van der Waals surface area (Å²) in [6, 6.07) is 12.1. The second-order valence-electron chi connectivity index (χ2n) is 4.57. The van der Waals surface area contributed by atoms with Crippen LogP contribution in [0.3, 0.4) is 0 Å². The minimum Gasteiger partial charge on any atom is -0.438 e. The highest BCUT2D eigenvalue weighted by atomic mass is 79.9. The highest BCUT2D eigenvalue weighted by Crippen LogP contribution is 2.28. The topological polar surface area (TPSA) is 34.2 Å². The summed E-state index contributed by atoms with van der Waals surface area (Å²) in [4.78, 5) is 4.23. The van der Waals surface area contributed by atoms with Crippen LogP contribution in [-0.2, 0) is 6.54 Å². The van der Waals surface area contributed by atoms with Gasteiger partial charge in [0.15, 0.2) is 0 Å². The quantitative estimate of drug-likeness (QED) is 0.899. The molecule has 0 bridgehead atoms. The Morgan fingerprint density at radius 3 is 2.79 bits per heavy atom. The third-order valence-electron chi connectivity index (χ3n) is 2.56. The summed E-state index contributed by atoms with van der Waals surface area (Å²) in [5, 5.41) is 3.37. The van der Waals surface area contributed by atoms with Gasteiger partial charge in [-0.05, 0) is 39.7 Å². The Morgan fingerprint density at radius 2 is 2.05 bits per heavy atom. The van der Waals surface area contributed by atoms with Crippen LogP contribution in [0.4, 0.5) is 0 Å². The number of hydrogen-bond donors (Lipinski definition) is 1. The summed E-state index contributed by atoms with van der Waals surface area (Å²) in [6.45, 7) is 5.06. The summed E-state index contributed by atoms with van der Waals surface area (Å²) in [7, 11) is 0. The van der Waals surface area contributed by atoms with E-state index in [0.717, 1.165) is 22.3 Å². The van der Waals surface area contributed by atoms with Crippen LogP contribution in [0, 0.1) is 0 Å². The van der Waals surface area contributed by atoms with Gasteiger partial charge in [-0.3, -0.25) is 0 Å². The highest BCUT2D eigenvalue weighted by molar-refractivity contribution is 9.10. The fraction of sp³-hybridized carbons (Fsp3) is 0.267. The van der Waals surface area contributed by atoms with Gasteiger partial charge in [-0.2, -0.15) is 0 Å². The van der Waals surface area contributed by atoms with Gasteiger partial charge < -0.3 is 10.1 Å². The lowest BCUT2D eigenvalue weighted by Crippen LogP contribution is -2.21. The second-order valence-corrected chi connectivity index (χ2v) is 5.42. The van der Waals surface area contributed by atoms with Crippen LogP contribution in [0.2, 0.25) is 0 Å². The van der Waals surface area contributed by atoms with Gasteiger partial charge in [0, 0.05) is 24.8 Å². The molecule has 1 aromatic heterocycles. The number of rotatable bonds is 5. The maximum atomic E-state index is 5.77. The molecule has 19 heavy (non-hydrogen) atoms. The van der Waals surface area contributed by atoms with Gasteiger partial charge in [-0.1, -0.05) is 26.0 Å². The van der Waals surface area contributed by atoms with E-state index in [1.165, 1.54) is 0 Å². The third-order valence-corrected chi connectivity index (χ3v) is 3.22. The van der Waals surface area contributed by atoms with Gasteiger partial charge in [-0.15, -0.1) is 0 Å². The molecule has 0 saturated heterocycles. The summed E-state index contributed by atoms with van der Waals surface area (Å²) >= 11 is 3.46. The Kier molecular flexibility index (Phi) is 4.93. The van der Waals surface area contributed by atoms with Crippen molar-refractivity contribution in [1.82, 2.24) is 10.3 Å². The molecule has 1 N–H and O–H groups in total. The first-order valence-corrected chi connectivity index (χ1v) is 7.05. The average molecular weight is 321 g/mol. The van der Waals surface area contributed by atoms with Crippen LogP contribution in [0.15, 0.2) is 47.1 Å². The molecule has 0 radical (unpaired) electrons. The first-order valence-electron chi connectivity index (χ1n) is 6.26. The number of ether oxygens (including phenoxy) is 1. The van der Waals surface area contributed by atoms with Gasteiger partial charge in [0.05, 0.1) is 4.47 Å². The van der Waals surface area contributed by atoms with Crippen molar-refractivity contribution in [2.75, 3.05) is 0 Å². The largest absolute Gasteiger partial charge is 0.438 e. The fourth-order valence-corrected chi connectivity index (χ4v) is 1.94. The van der Waals surface area contributed by atoms with E-state index in [-0.39, 0.29) is 0 Å². The Balaban J connectivity index is 2.09. The minimum absolute atomic E-state index is 0.459. The molecular weight excluding hydrogens is 304 g/mol. The standard InChI is InChI=1S/C15H17BrN2O/c1-11(2)18-10-12-7-8-17-15(9-12)19-14-6-4-3-5-13(14)16/h3-9,11,18H,10H2,1-2H3. The molecule has 0 aliphatic heterocycles. The zero-order chi connectivity index (χ0) is 13.7. The molecule has 2 rings (SSSR count). The lowest BCUT2D eigenvalue weighted by Gasteiger charge is -2.10. The normalized spacial score (nSPS) is 10.7. The monoisotopic (exact) mass is 320 g/mol. The summed E-state index contributed by atoms with van der Waals surface area (Å²) < 4.78 is 6.69. The van der Waals surface area contributed by atoms with Gasteiger partial charge >= 0.3 is 0 Å². The van der Waals surface area contributed by atoms with E-state index in [2.05, 4.69) is 40.1 Å². The van der Waals surface area contributed by atoms with E-state index in [1.807, 2.05) is 36.4 Å². The van der Waals surface area contributed by atoms with Gasteiger partial charge in [-0.25, -0.2) is 4.98 Å². The van der Waals surface area contributed by atoms with Crippen LogP contribution >= 0.6 is 15.9 Å². The Labute approximate surface area is 122 Å². The molecule has 4 heteroatoms. The molecule has 2 aromatic rings. The first kappa shape index (κ1) is 14.0. The molecule has 0 aliphatic carbocycles. The molecule has 0 saturated carbocycles. The minimum atomic E-state index is 0.459. The smallest absolute Gasteiger partial charge is 0.219 e. The van der Waals surface area contributed by atoms with Gasteiger partial charge in [0.25, 0.3) is 0 Å². The number of aromatic nitrogens is 1.